The van der Waals surface area contributed by atoms with Gasteiger partial charge in [-0.25, -0.2) is 4.79 Å². The topological polar surface area (TPSA) is 122 Å². The van der Waals surface area contributed by atoms with Gasteiger partial charge in [-0.2, -0.15) is 0 Å². The first kappa shape index (κ1) is 25.8. The Morgan fingerprint density at radius 2 is 1.95 bits per heavy atom. The van der Waals surface area contributed by atoms with Crippen molar-refractivity contribution in [2.45, 2.75) is 37.9 Å². The van der Waals surface area contributed by atoms with E-state index in [9.17, 15) is 19.2 Å². The van der Waals surface area contributed by atoms with Crippen molar-refractivity contribution in [3.63, 3.8) is 0 Å². The van der Waals surface area contributed by atoms with Crippen LogP contribution in [0, 0.1) is 6.92 Å². The molecular weight excluding hydrogens is 532 g/mol. The Morgan fingerprint density at radius 1 is 1.12 bits per heavy atom. The van der Waals surface area contributed by atoms with E-state index in [1.54, 1.807) is 31.2 Å². The third-order valence-electron chi connectivity index (χ3n) is 7.41. The first-order valence-electron chi connectivity index (χ1n) is 12.9. The molecule has 0 bridgehead atoms. The van der Waals surface area contributed by atoms with Gasteiger partial charge in [0.25, 0.3) is 11.9 Å². The maximum atomic E-state index is 13.9. The molecule has 0 saturated carbocycles. The maximum absolute atomic E-state index is 13.9. The summed E-state index contributed by atoms with van der Waals surface area (Å²) in [5.74, 6) is -0.902. The number of ether oxygens (including phenoxy) is 1. The van der Waals surface area contributed by atoms with E-state index in [2.05, 4.69) is 10.3 Å². The van der Waals surface area contributed by atoms with Gasteiger partial charge in [0.05, 0.1) is 12.6 Å². The van der Waals surface area contributed by atoms with Crippen LogP contribution in [0.2, 0.25) is 0 Å². The second-order valence-corrected chi connectivity index (χ2v) is 10.9. The highest BCUT2D eigenvalue weighted by Crippen LogP contribution is 2.33. The number of likely N-dealkylation sites (tertiary alicyclic amines) is 2. The van der Waals surface area contributed by atoms with Crippen LogP contribution in [0.5, 0.6) is 5.95 Å². The highest BCUT2D eigenvalue weighted by molar-refractivity contribution is 7.09. The van der Waals surface area contributed by atoms with Crippen LogP contribution in [-0.4, -0.2) is 69.7 Å². The zero-order chi connectivity index (χ0) is 27.8. The molecule has 11 heteroatoms. The summed E-state index contributed by atoms with van der Waals surface area (Å²) in [6.07, 6.45) is 1.37. The van der Waals surface area contributed by atoms with Gasteiger partial charge < -0.3 is 24.3 Å². The molecule has 2 fully saturated rings. The van der Waals surface area contributed by atoms with E-state index in [0.717, 1.165) is 10.3 Å². The summed E-state index contributed by atoms with van der Waals surface area (Å²) in [6.45, 7) is 1.98. The summed E-state index contributed by atoms with van der Waals surface area (Å²) in [7, 11) is 0. The Kier molecular flexibility index (Phi) is 6.81. The van der Waals surface area contributed by atoms with Crippen molar-refractivity contribution in [1.82, 2.24) is 20.1 Å². The van der Waals surface area contributed by atoms with Gasteiger partial charge in [0.15, 0.2) is 5.78 Å². The zero-order valence-electron chi connectivity index (χ0n) is 21.6. The largest absolute Gasteiger partial charge is 0.425 e. The third-order valence-corrected chi connectivity index (χ3v) is 8.31. The number of amides is 3. The number of carbonyl (C=O) groups is 4. The molecule has 3 unspecified atom stereocenters. The van der Waals surface area contributed by atoms with E-state index >= 15 is 0 Å². The molecule has 2 aliphatic heterocycles. The lowest BCUT2D eigenvalue weighted by molar-refractivity contribution is -0.138. The lowest BCUT2D eigenvalue weighted by Crippen LogP contribution is -2.53. The fourth-order valence-corrected chi connectivity index (χ4v) is 6.26. The monoisotopic (exact) mass is 558 g/mol. The second kappa shape index (κ2) is 10.6. The minimum atomic E-state index is -0.983. The number of furan rings is 1. The number of Topliss-reactive ketones (excluding diaryl/α,β-unsaturated/α-hetero) is 1. The summed E-state index contributed by atoms with van der Waals surface area (Å²) >= 11 is 1.46. The average Bonchev–Trinajstić information content (AvgIpc) is 3.75. The van der Waals surface area contributed by atoms with Crippen molar-refractivity contribution < 1.29 is 28.3 Å². The normalized spacial score (nSPS) is 19.1. The van der Waals surface area contributed by atoms with Gasteiger partial charge in [-0.05, 0) is 43.0 Å². The molecule has 2 aliphatic rings. The summed E-state index contributed by atoms with van der Waals surface area (Å²) in [6, 6.07) is 13.9. The molecule has 4 aromatic rings. The molecule has 3 atom stereocenters. The van der Waals surface area contributed by atoms with Crippen LogP contribution in [-0.2, 0) is 16.0 Å². The minimum Gasteiger partial charge on any atom is -0.425 e. The molecule has 0 aliphatic carbocycles. The summed E-state index contributed by atoms with van der Waals surface area (Å²) in [5, 5.41) is 5.41. The number of nitrogens with one attached hydrogen (secondary N) is 1. The molecule has 0 spiro atoms. The number of rotatable bonds is 6. The van der Waals surface area contributed by atoms with Crippen molar-refractivity contribution in [3.05, 3.63) is 82.3 Å². The number of aryl methyl sites for hydroxylation is 1. The van der Waals surface area contributed by atoms with Crippen LogP contribution in [0.15, 0.2) is 70.6 Å². The first-order valence-corrected chi connectivity index (χ1v) is 13.8. The average molecular weight is 559 g/mol. The molecule has 0 radical (unpaired) electrons. The number of benzene rings is 1. The van der Waals surface area contributed by atoms with Crippen LogP contribution >= 0.6 is 11.3 Å². The Labute approximate surface area is 233 Å². The van der Waals surface area contributed by atoms with Crippen molar-refractivity contribution in [3.8, 4) is 5.95 Å². The molecule has 3 aromatic heterocycles. The van der Waals surface area contributed by atoms with Gasteiger partial charge in [0, 0.05) is 35.0 Å². The number of thiophene rings is 1. The standard InChI is InChI=1S/C29H26N4O6S/c1-17-19-8-2-3-10-24(19)38-28(17)39-29(37)31-21(15-18-7-6-14-40-18)27(36)32-13-11-22-25(32)23(34)16-33(22)26(35)20-9-4-5-12-30-20/h2-10,12,14,21-22,25H,11,13,15-16H2,1H3,(H,31,37). The summed E-state index contributed by atoms with van der Waals surface area (Å²) in [5.41, 5.74) is 1.51. The quantitative estimate of drug-likeness (QED) is 0.384. The van der Waals surface area contributed by atoms with E-state index in [4.69, 9.17) is 9.15 Å². The molecule has 1 N–H and O–H groups in total. The molecular formula is C29H26N4O6S. The molecule has 2 saturated heterocycles. The van der Waals surface area contributed by atoms with E-state index in [-0.39, 0.29) is 42.8 Å². The van der Waals surface area contributed by atoms with Crippen LogP contribution < -0.4 is 10.1 Å². The number of nitrogens with zero attached hydrogens (tertiary/aromatic N) is 3. The number of ketones is 1. The Morgan fingerprint density at radius 3 is 2.70 bits per heavy atom. The zero-order valence-corrected chi connectivity index (χ0v) is 22.4. The van der Waals surface area contributed by atoms with Gasteiger partial charge in [-0.1, -0.05) is 30.3 Å². The number of para-hydroxylation sites is 1. The van der Waals surface area contributed by atoms with E-state index in [1.165, 1.54) is 27.3 Å². The van der Waals surface area contributed by atoms with Crippen LogP contribution in [0.3, 0.4) is 0 Å². The number of fused-ring (bicyclic) bond motifs is 2. The predicted molar refractivity (Wildman–Crippen MR) is 146 cm³/mol. The van der Waals surface area contributed by atoms with Gasteiger partial charge >= 0.3 is 6.09 Å². The molecule has 3 amide bonds. The van der Waals surface area contributed by atoms with E-state index < -0.39 is 30.1 Å². The number of carbonyl (C=O) groups excluding carboxylic acids is 4. The fraction of sp³-hybridized carbons (Fsp3) is 0.276. The van der Waals surface area contributed by atoms with Crippen molar-refractivity contribution in [2.24, 2.45) is 0 Å². The fourth-order valence-electron chi connectivity index (χ4n) is 5.51. The van der Waals surface area contributed by atoms with Crippen molar-refractivity contribution >= 4 is 46.0 Å². The smallest absolute Gasteiger partial charge is 0.415 e. The number of pyridine rings is 1. The number of hydrogen-bond acceptors (Lipinski definition) is 8. The van der Waals surface area contributed by atoms with Crippen LogP contribution in [0.4, 0.5) is 4.79 Å². The van der Waals surface area contributed by atoms with Gasteiger partial charge in [-0.15, -0.1) is 11.3 Å². The molecule has 204 valence electrons. The molecule has 1 aromatic carbocycles. The number of hydrogen-bond donors (Lipinski definition) is 1. The van der Waals surface area contributed by atoms with Crippen LogP contribution in [0.25, 0.3) is 11.0 Å². The van der Waals surface area contributed by atoms with Crippen molar-refractivity contribution in [1.29, 1.82) is 0 Å². The van der Waals surface area contributed by atoms with Gasteiger partial charge in [-0.3, -0.25) is 19.4 Å². The molecule has 10 nitrogen and oxygen atoms in total. The Bertz CT molecular complexity index is 1580. The summed E-state index contributed by atoms with van der Waals surface area (Å²) < 4.78 is 11.2. The van der Waals surface area contributed by atoms with E-state index in [1.807, 2.05) is 35.7 Å². The first-order chi connectivity index (χ1) is 19.4. The molecule has 6 rings (SSSR count). The lowest BCUT2D eigenvalue weighted by Gasteiger charge is -2.28. The van der Waals surface area contributed by atoms with E-state index in [0.29, 0.717) is 17.6 Å². The Balaban J connectivity index is 1.20. The third kappa shape index (κ3) is 4.73. The second-order valence-electron chi connectivity index (χ2n) is 9.83. The Hall–Kier alpha value is -4.51. The molecule has 5 heterocycles. The summed E-state index contributed by atoms with van der Waals surface area (Å²) in [4.78, 5) is 61.1. The molecule has 40 heavy (non-hydrogen) atoms. The number of aromatic nitrogens is 1. The SMILES string of the molecule is Cc1c(OC(=O)NC(Cc2cccs2)C(=O)N2CCC3C2C(=O)CN3C(=O)c2ccccn2)oc2ccccc12. The minimum absolute atomic E-state index is 0.0527. The van der Waals surface area contributed by atoms with Crippen molar-refractivity contribution in [2.75, 3.05) is 13.1 Å². The predicted octanol–water partition coefficient (Wildman–Crippen LogP) is 3.59. The lowest BCUT2D eigenvalue weighted by atomic mass is 10.1. The highest BCUT2D eigenvalue weighted by Gasteiger charge is 2.52. The van der Waals surface area contributed by atoms with Gasteiger partial charge in [0.1, 0.15) is 23.4 Å². The highest BCUT2D eigenvalue weighted by atomic mass is 32.1. The van der Waals surface area contributed by atoms with Gasteiger partial charge in [0.2, 0.25) is 5.91 Å². The maximum Gasteiger partial charge on any atom is 0.415 e. The van der Waals surface area contributed by atoms with Crippen LogP contribution in [0.1, 0.15) is 27.3 Å².